The van der Waals surface area contributed by atoms with Gasteiger partial charge in [0.2, 0.25) is 0 Å². The van der Waals surface area contributed by atoms with Crippen LogP contribution >= 0.6 is 27.7 Å². The summed E-state index contributed by atoms with van der Waals surface area (Å²) < 4.78 is 2.82. The maximum Gasteiger partial charge on any atom is 0.250 e. The topological polar surface area (TPSA) is 126 Å². The largest absolute Gasteiger partial charge is 0.504 e. The molecule has 9 nitrogen and oxygen atoms in total. The minimum Gasteiger partial charge on any atom is -0.504 e. The van der Waals surface area contributed by atoms with E-state index in [2.05, 4.69) is 41.6 Å². The highest BCUT2D eigenvalue weighted by atomic mass is 79.9. The molecular weight excluding hydrogens is 508 g/mol. The average Bonchev–Trinajstić information content (AvgIpc) is 3.25. The molecule has 0 saturated heterocycles. The number of benzene rings is 2. The first-order chi connectivity index (χ1) is 16.0. The molecule has 0 aliphatic carbocycles. The highest BCUT2D eigenvalue weighted by molar-refractivity contribution is 9.10. The number of aromatic hydroxyl groups is 2. The molecule has 0 bridgehead atoms. The van der Waals surface area contributed by atoms with Gasteiger partial charge in [-0.25, -0.2) is 5.43 Å². The van der Waals surface area contributed by atoms with E-state index in [1.54, 1.807) is 18.5 Å². The zero-order valence-corrected chi connectivity index (χ0v) is 19.4. The zero-order chi connectivity index (χ0) is 23.2. The Labute approximate surface area is 201 Å². The highest BCUT2D eigenvalue weighted by Gasteiger charge is 2.17. The molecule has 0 unspecified atom stereocenters. The Balaban J connectivity index is 1.49. The Morgan fingerprint density at radius 1 is 1.06 bits per heavy atom. The summed E-state index contributed by atoms with van der Waals surface area (Å²) >= 11 is 4.67. The molecule has 0 atom stereocenters. The number of phenolic OH excluding ortho intramolecular Hbond substituents is 2. The number of hydrogen-bond acceptors (Lipinski definition) is 8. The van der Waals surface area contributed by atoms with Crippen LogP contribution in [0, 0.1) is 0 Å². The first-order valence-corrected chi connectivity index (χ1v) is 11.4. The molecule has 0 aliphatic heterocycles. The first-order valence-electron chi connectivity index (χ1n) is 9.60. The van der Waals surface area contributed by atoms with Crippen LogP contribution in [0.1, 0.15) is 5.56 Å². The van der Waals surface area contributed by atoms with Crippen molar-refractivity contribution in [3.63, 3.8) is 0 Å². The summed E-state index contributed by atoms with van der Waals surface area (Å²) in [6.07, 6.45) is 4.73. The van der Waals surface area contributed by atoms with Gasteiger partial charge in [0.15, 0.2) is 22.5 Å². The van der Waals surface area contributed by atoms with E-state index in [0.717, 1.165) is 15.7 Å². The van der Waals surface area contributed by atoms with E-state index in [4.69, 9.17) is 0 Å². The van der Waals surface area contributed by atoms with Gasteiger partial charge in [-0.2, -0.15) is 5.10 Å². The van der Waals surface area contributed by atoms with Crippen molar-refractivity contribution < 1.29 is 15.0 Å². The number of nitrogens with one attached hydrogen (secondary N) is 1. The fourth-order valence-corrected chi connectivity index (χ4v) is 3.84. The van der Waals surface area contributed by atoms with Crippen LogP contribution < -0.4 is 5.43 Å². The van der Waals surface area contributed by atoms with Gasteiger partial charge in [0, 0.05) is 28.1 Å². The minimum atomic E-state index is -0.338. The van der Waals surface area contributed by atoms with E-state index < -0.39 is 0 Å². The van der Waals surface area contributed by atoms with Crippen molar-refractivity contribution in [1.29, 1.82) is 0 Å². The third-order valence-electron chi connectivity index (χ3n) is 4.39. The molecule has 0 spiro atoms. The van der Waals surface area contributed by atoms with Gasteiger partial charge in [0.1, 0.15) is 0 Å². The van der Waals surface area contributed by atoms with Crippen molar-refractivity contribution in [2.24, 2.45) is 5.10 Å². The van der Waals surface area contributed by atoms with Crippen LogP contribution in [0.15, 0.2) is 81.7 Å². The molecule has 0 saturated carbocycles. The van der Waals surface area contributed by atoms with Crippen molar-refractivity contribution in [3.8, 4) is 28.6 Å². The molecule has 11 heteroatoms. The number of rotatable bonds is 7. The maximum absolute atomic E-state index is 12.3. The summed E-state index contributed by atoms with van der Waals surface area (Å²) in [4.78, 5) is 16.3. The van der Waals surface area contributed by atoms with E-state index in [1.165, 1.54) is 30.1 Å². The molecule has 2 aromatic heterocycles. The SMILES string of the molecule is O=C(CSc1nnc(-c2ccncc2)n1-c1ccc(Br)cc1)NN=Cc1ccc(O)c(O)c1. The van der Waals surface area contributed by atoms with Crippen LogP contribution in [0.4, 0.5) is 0 Å². The minimum absolute atomic E-state index is 0.0587. The number of phenols is 2. The molecule has 3 N–H and O–H groups in total. The molecule has 4 rings (SSSR count). The second-order valence-corrected chi connectivity index (χ2v) is 8.54. The van der Waals surface area contributed by atoms with Gasteiger partial charge in [-0.15, -0.1) is 10.2 Å². The highest BCUT2D eigenvalue weighted by Crippen LogP contribution is 2.28. The van der Waals surface area contributed by atoms with Gasteiger partial charge in [-0.3, -0.25) is 14.3 Å². The summed E-state index contributed by atoms with van der Waals surface area (Å²) in [5.74, 6) is -0.141. The molecule has 2 aromatic carbocycles. The monoisotopic (exact) mass is 524 g/mol. The quantitative estimate of drug-likeness (QED) is 0.145. The lowest BCUT2D eigenvalue weighted by Crippen LogP contribution is -2.20. The zero-order valence-electron chi connectivity index (χ0n) is 17.0. The number of halogens is 1. The first kappa shape index (κ1) is 22.5. The van der Waals surface area contributed by atoms with E-state index in [9.17, 15) is 15.0 Å². The third-order valence-corrected chi connectivity index (χ3v) is 5.85. The van der Waals surface area contributed by atoms with E-state index in [1.807, 2.05) is 41.0 Å². The molecular formula is C22H17BrN6O3S. The van der Waals surface area contributed by atoms with E-state index in [-0.39, 0.29) is 23.2 Å². The lowest BCUT2D eigenvalue weighted by atomic mass is 10.2. The van der Waals surface area contributed by atoms with E-state index >= 15 is 0 Å². The molecule has 2 heterocycles. The standard InChI is InChI=1S/C22H17BrN6O3S/c23-16-2-4-17(5-3-16)29-21(15-7-9-24-10-8-15)27-28-22(29)33-13-20(32)26-25-12-14-1-6-18(30)19(31)11-14/h1-12,30-31H,13H2,(H,26,32). The van der Waals surface area contributed by atoms with Crippen LogP contribution in [-0.4, -0.2) is 47.8 Å². The van der Waals surface area contributed by atoms with Gasteiger partial charge in [-0.1, -0.05) is 27.7 Å². The smallest absolute Gasteiger partial charge is 0.250 e. The summed E-state index contributed by atoms with van der Waals surface area (Å²) in [7, 11) is 0. The molecule has 33 heavy (non-hydrogen) atoms. The number of pyridine rings is 1. The van der Waals surface area contributed by atoms with E-state index in [0.29, 0.717) is 16.5 Å². The van der Waals surface area contributed by atoms with Gasteiger partial charge in [-0.05, 0) is 60.2 Å². The number of amides is 1. The normalized spacial score (nSPS) is 11.1. The number of carbonyl (C=O) groups excluding carboxylic acids is 1. The Morgan fingerprint density at radius 3 is 2.55 bits per heavy atom. The molecule has 166 valence electrons. The molecule has 0 aliphatic rings. The Morgan fingerprint density at radius 2 is 1.82 bits per heavy atom. The Kier molecular flexibility index (Phi) is 7.01. The Hall–Kier alpha value is -3.70. The average molecular weight is 525 g/mol. The summed E-state index contributed by atoms with van der Waals surface area (Å²) in [5, 5.41) is 31.9. The number of aromatic nitrogens is 4. The van der Waals surface area contributed by atoms with Crippen LogP contribution in [0.5, 0.6) is 11.5 Å². The lowest BCUT2D eigenvalue weighted by Gasteiger charge is -2.10. The molecule has 0 fully saturated rings. The van der Waals surface area contributed by atoms with Gasteiger partial charge >= 0.3 is 0 Å². The fraction of sp³-hybridized carbons (Fsp3) is 0.0455. The molecule has 1 amide bonds. The van der Waals surface area contributed by atoms with Crippen LogP contribution in [0.2, 0.25) is 0 Å². The van der Waals surface area contributed by atoms with Crippen molar-refractivity contribution in [1.82, 2.24) is 25.2 Å². The Bertz CT molecular complexity index is 1300. The van der Waals surface area contributed by atoms with Crippen LogP contribution in [0.25, 0.3) is 17.1 Å². The van der Waals surface area contributed by atoms with Crippen molar-refractivity contribution in [2.75, 3.05) is 5.75 Å². The van der Waals surface area contributed by atoms with Gasteiger partial charge < -0.3 is 10.2 Å². The van der Waals surface area contributed by atoms with Crippen molar-refractivity contribution >= 4 is 39.8 Å². The summed E-state index contributed by atoms with van der Waals surface area (Å²) in [6, 6.07) is 15.6. The van der Waals surface area contributed by atoms with Crippen LogP contribution in [0.3, 0.4) is 0 Å². The van der Waals surface area contributed by atoms with Gasteiger partial charge in [0.25, 0.3) is 5.91 Å². The summed E-state index contributed by atoms with van der Waals surface area (Å²) in [5.41, 5.74) is 4.65. The van der Waals surface area contributed by atoms with Crippen molar-refractivity contribution in [3.05, 3.63) is 77.0 Å². The summed E-state index contributed by atoms with van der Waals surface area (Å²) in [6.45, 7) is 0. The molecule has 4 aromatic rings. The lowest BCUT2D eigenvalue weighted by molar-refractivity contribution is -0.118. The predicted octanol–water partition coefficient (Wildman–Crippen LogP) is 3.75. The molecule has 0 radical (unpaired) electrons. The second kappa shape index (κ2) is 10.3. The predicted molar refractivity (Wildman–Crippen MR) is 129 cm³/mol. The maximum atomic E-state index is 12.3. The van der Waals surface area contributed by atoms with Gasteiger partial charge in [0.05, 0.1) is 12.0 Å². The number of nitrogens with zero attached hydrogens (tertiary/aromatic N) is 5. The fourth-order valence-electron chi connectivity index (χ4n) is 2.84. The second-order valence-electron chi connectivity index (χ2n) is 6.68. The number of carbonyl (C=O) groups is 1. The number of hydrogen-bond donors (Lipinski definition) is 3. The van der Waals surface area contributed by atoms with Crippen LogP contribution in [-0.2, 0) is 4.79 Å². The van der Waals surface area contributed by atoms with Crippen molar-refractivity contribution in [2.45, 2.75) is 5.16 Å². The number of hydrazone groups is 1. The number of thioether (sulfide) groups is 1. The third kappa shape index (κ3) is 5.57.